The SMILES string of the molecule is COC(=O)CC1CN(C(C)C#N)CCO1. The molecule has 0 aromatic heterocycles. The van der Waals surface area contributed by atoms with Gasteiger partial charge in [-0.25, -0.2) is 0 Å². The van der Waals surface area contributed by atoms with Crippen LogP contribution in [0.4, 0.5) is 0 Å². The van der Waals surface area contributed by atoms with Gasteiger partial charge in [0.2, 0.25) is 0 Å². The fourth-order valence-electron chi connectivity index (χ4n) is 1.57. The first-order chi connectivity index (χ1) is 7.17. The van der Waals surface area contributed by atoms with Crippen LogP contribution in [0.1, 0.15) is 13.3 Å². The lowest BCUT2D eigenvalue weighted by Gasteiger charge is -2.33. The standard InChI is InChI=1S/C10H16N2O3/c1-8(6-11)12-3-4-15-9(7-12)5-10(13)14-2/h8-9H,3-5,7H2,1-2H3. The number of hydrogen-bond donors (Lipinski definition) is 0. The molecular formula is C10H16N2O3. The number of carbonyl (C=O) groups is 1. The molecule has 0 radical (unpaired) electrons. The Morgan fingerprint density at radius 3 is 3.13 bits per heavy atom. The number of nitrogens with zero attached hydrogens (tertiary/aromatic N) is 2. The second kappa shape index (κ2) is 5.69. The summed E-state index contributed by atoms with van der Waals surface area (Å²) < 4.78 is 10.00. The largest absolute Gasteiger partial charge is 0.469 e. The van der Waals surface area contributed by atoms with Crippen molar-refractivity contribution < 1.29 is 14.3 Å². The predicted octanol–water partition coefficient (Wildman–Crippen LogP) is 0.162. The zero-order valence-corrected chi connectivity index (χ0v) is 9.10. The van der Waals surface area contributed by atoms with Crippen molar-refractivity contribution in [1.82, 2.24) is 4.90 Å². The number of morpholine rings is 1. The van der Waals surface area contributed by atoms with E-state index < -0.39 is 0 Å². The average Bonchev–Trinajstić information content (AvgIpc) is 2.28. The second-order valence-electron chi connectivity index (χ2n) is 3.57. The molecule has 0 aromatic carbocycles. The molecule has 0 N–H and O–H groups in total. The van der Waals surface area contributed by atoms with Gasteiger partial charge in [0.05, 0.1) is 38.4 Å². The third-order valence-electron chi connectivity index (χ3n) is 2.53. The molecule has 1 aliphatic rings. The Bertz CT molecular complexity index is 262. The lowest BCUT2D eigenvalue weighted by Crippen LogP contribution is -2.46. The highest BCUT2D eigenvalue weighted by Gasteiger charge is 2.25. The minimum absolute atomic E-state index is 0.131. The molecule has 1 fully saturated rings. The zero-order valence-electron chi connectivity index (χ0n) is 9.10. The Hall–Kier alpha value is -1.12. The van der Waals surface area contributed by atoms with Crippen LogP contribution in [-0.4, -0.2) is 49.8 Å². The van der Waals surface area contributed by atoms with Crippen LogP contribution in [0.3, 0.4) is 0 Å². The van der Waals surface area contributed by atoms with E-state index >= 15 is 0 Å². The van der Waals surface area contributed by atoms with Crippen molar-refractivity contribution in [3.63, 3.8) is 0 Å². The van der Waals surface area contributed by atoms with E-state index in [1.807, 2.05) is 11.8 Å². The Labute approximate surface area is 89.6 Å². The van der Waals surface area contributed by atoms with Gasteiger partial charge in [-0.2, -0.15) is 5.26 Å². The predicted molar refractivity (Wildman–Crippen MR) is 53.0 cm³/mol. The van der Waals surface area contributed by atoms with Crippen molar-refractivity contribution in [3.8, 4) is 6.07 Å². The van der Waals surface area contributed by atoms with Crippen molar-refractivity contribution >= 4 is 5.97 Å². The molecule has 1 saturated heterocycles. The van der Waals surface area contributed by atoms with Gasteiger partial charge in [-0.15, -0.1) is 0 Å². The van der Waals surface area contributed by atoms with Crippen molar-refractivity contribution in [2.75, 3.05) is 26.8 Å². The molecule has 0 saturated carbocycles. The molecule has 15 heavy (non-hydrogen) atoms. The summed E-state index contributed by atoms with van der Waals surface area (Å²) in [5.41, 5.74) is 0. The molecule has 1 rings (SSSR count). The van der Waals surface area contributed by atoms with Crippen LogP contribution < -0.4 is 0 Å². The van der Waals surface area contributed by atoms with Crippen molar-refractivity contribution in [1.29, 1.82) is 5.26 Å². The molecule has 0 spiro atoms. The van der Waals surface area contributed by atoms with Crippen molar-refractivity contribution in [2.45, 2.75) is 25.5 Å². The van der Waals surface area contributed by atoms with Gasteiger partial charge in [0.1, 0.15) is 0 Å². The van der Waals surface area contributed by atoms with E-state index in [0.29, 0.717) is 13.2 Å². The summed E-state index contributed by atoms with van der Waals surface area (Å²) in [4.78, 5) is 13.1. The van der Waals surface area contributed by atoms with E-state index in [0.717, 1.165) is 6.54 Å². The fourth-order valence-corrected chi connectivity index (χ4v) is 1.57. The Morgan fingerprint density at radius 1 is 1.80 bits per heavy atom. The van der Waals surface area contributed by atoms with Gasteiger partial charge in [0, 0.05) is 13.1 Å². The number of carbonyl (C=O) groups excluding carboxylic acids is 1. The molecule has 2 unspecified atom stereocenters. The van der Waals surface area contributed by atoms with Crippen LogP contribution in [0, 0.1) is 11.3 Å². The summed E-state index contributed by atoms with van der Waals surface area (Å²) in [5.74, 6) is -0.272. The van der Waals surface area contributed by atoms with Crippen molar-refractivity contribution in [3.05, 3.63) is 0 Å². The molecule has 5 heteroatoms. The van der Waals surface area contributed by atoms with E-state index in [-0.39, 0.29) is 24.5 Å². The van der Waals surface area contributed by atoms with E-state index in [4.69, 9.17) is 10.00 Å². The number of rotatable bonds is 3. The summed E-state index contributed by atoms with van der Waals surface area (Å²) in [6.45, 7) is 3.77. The van der Waals surface area contributed by atoms with Gasteiger partial charge in [0.25, 0.3) is 0 Å². The third kappa shape index (κ3) is 3.50. The maximum absolute atomic E-state index is 11.0. The molecule has 0 amide bonds. The normalized spacial score (nSPS) is 24.2. The Morgan fingerprint density at radius 2 is 2.53 bits per heavy atom. The second-order valence-corrected chi connectivity index (χ2v) is 3.57. The quantitative estimate of drug-likeness (QED) is 0.624. The van der Waals surface area contributed by atoms with Crippen LogP contribution >= 0.6 is 0 Å². The third-order valence-corrected chi connectivity index (χ3v) is 2.53. The van der Waals surface area contributed by atoms with E-state index in [1.54, 1.807) is 0 Å². The fraction of sp³-hybridized carbons (Fsp3) is 0.800. The molecule has 84 valence electrons. The first-order valence-electron chi connectivity index (χ1n) is 4.99. The number of hydrogen-bond acceptors (Lipinski definition) is 5. The van der Waals surface area contributed by atoms with Crippen molar-refractivity contribution in [2.24, 2.45) is 0 Å². The zero-order chi connectivity index (χ0) is 11.3. The summed E-state index contributed by atoms with van der Waals surface area (Å²) in [5, 5.41) is 8.78. The van der Waals surface area contributed by atoms with Crippen LogP contribution in [0.25, 0.3) is 0 Å². The molecule has 1 aliphatic heterocycles. The smallest absolute Gasteiger partial charge is 0.308 e. The van der Waals surface area contributed by atoms with Gasteiger partial charge in [-0.05, 0) is 6.92 Å². The van der Waals surface area contributed by atoms with Crippen LogP contribution in [0.2, 0.25) is 0 Å². The van der Waals surface area contributed by atoms with E-state index in [2.05, 4.69) is 10.8 Å². The minimum Gasteiger partial charge on any atom is -0.469 e. The lowest BCUT2D eigenvalue weighted by atomic mass is 10.2. The van der Waals surface area contributed by atoms with E-state index in [1.165, 1.54) is 7.11 Å². The molecule has 0 aliphatic carbocycles. The number of methoxy groups -OCH3 is 1. The number of nitriles is 1. The highest BCUT2D eigenvalue weighted by molar-refractivity contribution is 5.69. The topological polar surface area (TPSA) is 62.6 Å². The number of esters is 1. The maximum Gasteiger partial charge on any atom is 0.308 e. The van der Waals surface area contributed by atoms with Gasteiger partial charge < -0.3 is 9.47 Å². The summed E-state index contributed by atoms with van der Waals surface area (Å²) in [7, 11) is 1.36. The number of ether oxygens (including phenoxy) is 2. The maximum atomic E-state index is 11.0. The lowest BCUT2D eigenvalue weighted by molar-refractivity contribution is -0.145. The highest BCUT2D eigenvalue weighted by Crippen LogP contribution is 2.11. The monoisotopic (exact) mass is 212 g/mol. The average molecular weight is 212 g/mol. The van der Waals surface area contributed by atoms with Crippen LogP contribution in [-0.2, 0) is 14.3 Å². The molecule has 1 heterocycles. The molecule has 0 bridgehead atoms. The first kappa shape index (κ1) is 12.0. The molecule has 5 nitrogen and oxygen atoms in total. The summed E-state index contributed by atoms with van der Waals surface area (Å²) in [6, 6.07) is 2.05. The van der Waals surface area contributed by atoms with Gasteiger partial charge in [-0.1, -0.05) is 0 Å². The Balaban J connectivity index is 2.42. The highest BCUT2D eigenvalue weighted by atomic mass is 16.5. The molecule has 0 aromatic rings. The molecular weight excluding hydrogens is 196 g/mol. The first-order valence-corrected chi connectivity index (χ1v) is 4.99. The minimum atomic E-state index is -0.272. The van der Waals surface area contributed by atoms with Gasteiger partial charge >= 0.3 is 5.97 Å². The Kier molecular flexibility index (Phi) is 4.53. The van der Waals surface area contributed by atoms with Gasteiger partial charge in [-0.3, -0.25) is 9.69 Å². The van der Waals surface area contributed by atoms with Gasteiger partial charge in [0.15, 0.2) is 0 Å². The summed E-state index contributed by atoms with van der Waals surface area (Å²) in [6.07, 6.45) is 0.104. The van der Waals surface area contributed by atoms with Crippen LogP contribution in [0.15, 0.2) is 0 Å². The summed E-state index contributed by atoms with van der Waals surface area (Å²) >= 11 is 0. The van der Waals surface area contributed by atoms with Crippen LogP contribution in [0.5, 0.6) is 0 Å². The van der Waals surface area contributed by atoms with E-state index in [9.17, 15) is 4.79 Å². The molecule has 2 atom stereocenters.